The van der Waals surface area contributed by atoms with Crippen LogP contribution in [0.25, 0.3) is 11.3 Å². The number of nitrogens with zero attached hydrogens (tertiary/aromatic N) is 5. The minimum Gasteiger partial charge on any atom is -0.333 e. The minimum absolute atomic E-state index is 0.0788. The standard InChI is InChI=1S/C26H36N6O/c1-19-17-31(25(33)29-26(3)12-16-30-14-10-22(26)11-15-30)18-20(2)32(19)24-27-13-9-23(28-24)21-7-5-4-6-8-21/h4-9,13,19-20,22H,10-12,14-18H2,1-3H3,(H,29,33)/t19-,20+,26?. The first kappa shape index (κ1) is 22.1. The molecular formula is C26H36N6O. The van der Waals surface area contributed by atoms with Gasteiger partial charge in [0.15, 0.2) is 0 Å². The summed E-state index contributed by atoms with van der Waals surface area (Å²) in [5, 5.41) is 3.47. The maximum atomic E-state index is 13.4. The molecule has 2 aromatic rings. The van der Waals surface area contributed by atoms with Crippen LogP contribution in [0, 0.1) is 5.92 Å². The van der Waals surface area contributed by atoms with Crippen molar-refractivity contribution in [2.45, 2.75) is 57.7 Å². The van der Waals surface area contributed by atoms with E-state index in [9.17, 15) is 4.79 Å². The third-order valence-electron chi connectivity index (χ3n) is 7.98. The molecular weight excluding hydrogens is 412 g/mol. The summed E-state index contributed by atoms with van der Waals surface area (Å²) < 4.78 is 0. The van der Waals surface area contributed by atoms with Gasteiger partial charge in [0.1, 0.15) is 0 Å². The molecule has 6 rings (SSSR count). The first-order valence-corrected chi connectivity index (χ1v) is 12.4. The second-order valence-corrected chi connectivity index (χ2v) is 10.3. The van der Waals surface area contributed by atoms with Gasteiger partial charge in [0.25, 0.3) is 0 Å². The van der Waals surface area contributed by atoms with Crippen LogP contribution in [0.5, 0.6) is 0 Å². The zero-order valence-corrected chi connectivity index (χ0v) is 20.1. The molecule has 2 bridgehead atoms. The lowest BCUT2D eigenvalue weighted by atomic mass is 9.79. The molecule has 3 atom stereocenters. The van der Waals surface area contributed by atoms with Crippen LogP contribution < -0.4 is 10.2 Å². The van der Waals surface area contributed by atoms with Crippen LogP contribution in [0.4, 0.5) is 10.7 Å². The minimum atomic E-state index is -0.112. The zero-order chi connectivity index (χ0) is 23.0. The van der Waals surface area contributed by atoms with Gasteiger partial charge in [-0.25, -0.2) is 14.8 Å². The average molecular weight is 449 g/mol. The fourth-order valence-electron chi connectivity index (χ4n) is 6.00. The van der Waals surface area contributed by atoms with Crippen molar-refractivity contribution in [1.29, 1.82) is 0 Å². The Morgan fingerprint density at radius 3 is 2.42 bits per heavy atom. The molecule has 0 spiro atoms. The van der Waals surface area contributed by atoms with Gasteiger partial charge in [-0.05, 0) is 65.1 Å². The van der Waals surface area contributed by atoms with Crippen molar-refractivity contribution in [3.8, 4) is 11.3 Å². The third kappa shape index (κ3) is 4.43. The average Bonchev–Trinajstić information content (AvgIpc) is 3.07. The van der Waals surface area contributed by atoms with Gasteiger partial charge in [0.05, 0.1) is 5.69 Å². The molecule has 176 valence electrons. The highest BCUT2D eigenvalue weighted by Gasteiger charge is 2.42. The van der Waals surface area contributed by atoms with Gasteiger partial charge in [-0.15, -0.1) is 0 Å². The van der Waals surface area contributed by atoms with Gasteiger partial charge in [-0.1, -0.05) is 30.3 Å². The molecule has 0 saturated carbocycles. The Bertz CT molecular complexity index is 964. The molecule has 1 unspecified atom stereocenters. The van der Waals surface area contributed by atoms with Gasteiger partial charge in [0.2, 0.25) is 5.95 Å². The highest BCUT2D eigenvalue weighted by molar-refractivity contribution is 5.75. The number of benzene rings is 1. The van der Waals surface area contributed by atoms with Crippen molar-refractivity contribution in [2.75, 3.05) is 37.6 Å². The summed E-state index contributed by atoms with van der Waals surface area (Å²) in [4.78, 5) is 29.6. The van der Waals surface area contributed by atoms with E-state index in [0.717, 1.165) is 30.2 Å². The van der Waals surface area contributed by atoms with Crippen molar-refractivity contribution in [1.82, 2.24) is 25.1 Å². The van der Waals surface area contributed by atoms with E-state index in [-0.39, 0.29) is 23.7 Å². The van der Waals surface area contributed by atoms with Gasteiger partial charge in [-0.3, -0.25) is 0 Å². The summed E-state index contributed by atoms with van der Waals surface area (Å²) in [6.07, 6.45) is 5.24. The highest BCUT2D eigenvalue weighted by Crippen LogP contribution is 2.35. The second-order valence-electron chi connectivity index (χ2n) is 10.3. The molecule has 2 amide bonds. The molecule has 1 N–H and O–H groups in total. The summed E-state index contributed by atoms with van der Waals surface area (Å²) in [6.45, 7) is 11.4. The number of nitrogens with one attached hydrogen (secondary N) is 1. The van der Waals surface area contributed by atoms with E-state index in [4.69, 9.17) is 4.98 Å². The van der Waals surface area contributed by atoms with Gasteiger partial charge in [0, 0.05) is 49.0 Å². The predicted octanol–water partition coefficient (Wildman–Crippen LogP) is 3.63. The lowest BCUT2D eigenvalue weighted by molar-refractivity contribution is 0.143. The summed E-state index contributed by atoms with van der Waals surface area (Å²) in [6, 6.07) is 12.5. The quantitative estimate of drug-likeness (QED) is 0.777. The molecule has 7 nitrogen and oxygen atoms in total. The largest absolute Gasteiger partial charge is 0.333 e. The first-order valence-electron chi connectivity index (χ1n) is 12.4. The lowest BCUT2D eigenvalue weighted by Crippen LogP contribution is -2.63. The molecule has 0 aliphatic carbocycles. The number of piperidine rings is 1. The predicted molar refractivity (Wildman–Crippen MR) is 131 cm³/mol. The second kappa shape index (κ2) is 8.93. The van der Waals surface area contributed by atoms with Crippen molar-refractivity contribution < 1.29 is 4.79 Å². The van der Waals surface area contributed by atoms with Crippen molar-refractivity contribution in [3.63, 3.8) is 0 Å². The summed E-state index contributed by atoms with van der Waals surface area (Å²) in [5.74, 6) is 1.31. The van der Waals surface area contributed by atoms with E-state index in [1.54, 1.807) is 0 Å². The van der Waals surface area contributed by atoms with Crippen molar-refractivity contribution in [2.24, 2.45) is 5.92 Å². The number of aromatic nitrogens is 2. The number of carbonyl (C=O) groups is 1. The molecule has 7 heteroatoms. The normalized spacial score (nSPS) is 31.8. The summed E-state index contributed by atoms with van der Waals surface area (Å²) >= 11 is 0. The third-order valence-corrected chi connectivity index (χ3v) is 7.98. The Hall–Kier alpha value is -2.67. The van der Waals surface area contributed by atoms with E-state index in [1.807, 2.05) is 35.4 Å². The van der Waals surface area contributed by atoms with Crippen LogP contribution in [-0.4, -0.2) is 76.1 Å². The molecule has 1 aromatic carbocycles. The Balaban J connectivity index is 1.28. The monoisotopic (exact) mass is 448 g/mol. The van der Waals surface area contributed by atoms with Gasteiger partial charge < -0.3 is 20.0 Å². The summed E-state index contributed by atoms with van der Waals surface area (Å²) in [5.41, 5.74) is 1.90. The number of anilines is 1. The van der Waals surface area contributed by atoms with E-state index >= 15 is 0 Å². The van der Waals surface area contributed by atoms with Crippen molar-refractivity contribution in [3.05, 3.63) is 42.6 Å². The van der Waals surface area contributed by atoms with Crippen LogP contribution in [0.3, 0.4) is 0 Å². The molecule has 33 heavy (non-hydrogen) atoms. The van der Waals surface area contributed by atoms with Crippen LogP contribution in [0.15, 0.2) is 42.6 Å². The fraction of sp³-hybridized carbons (Fsp3) is 0.577. The number of fused-ring (bicyclic) bond motifs is 4. The van der Waals surface area contributed by atoms with Crippen LogP contribution in [-0.2, 0) is 0 Å². The number of hydrogen-bond acceptors (Lipinski definition) is 5. The zero-order valence-electron chi connectivity index (χ0n) is 20.1. The van der Waals surface area contributed by atoms with Gasteiger partial charge >= 0.3 is 6.03 Å². The van der Waals surface area contributed by atoms with E-state index in [1.165, 1.54) is 25.9 Å². The lowest BCUT2D eigenvalue weighted by Gasteiger charge is -2.46. The Morgan fingerprint density at radius 2 is 1.73 bits per heavy atom. The van der Waals surface area contributed by atoms with E-state index in [0.29, 0.717) is 19.0 Å². The van der Waals surface area contributed by atoms with Gasteiger partial charge in [-0.2, -0.15) is 0 Å². The fourth-order valence-corrected chi connectivity index (χ4v) is 6.00. The number of rotatable bonds is 3. The smallest absolute Gasteiger partial charge is 0.317 e. The van der Waals surface area contributed by atoms with Crippen LogP contribution >= 0.6 is 0 Å². The summed E-state index contributed by atoms with van der Waals surface area (Å²) in [7, 11) is 0. The van der Waals surface area contributed by atoms with Crippen LogP contribution in [0.2, 0.25) is 0 Å². The van der Waals surface area contributed by atoms with Crippen LogP contribution in [0.1, 0.15) is 40.0 Å². The van der Waals surface area contributed by atoms with E-state index in [2.05, 4.69) is 53.0 Å². The Kier molecular flexibility index (Phi) is 5.99. The Morgan fingerprint density at radius 1 is 1.03 bits per heavy atom. The molecule has 4 saturated heterocycles. The molecule has 1 aromatic heterocycles. The maximum absolute atomic E-state index is 13.4. The molecule has 5 heterocycles. The number of hydrogen-bond donors (Lipinski definition) is 1. The number of piperazine rings is 1. The number of amides is 2. The number of urea groups is 1. The first-order chi connectivity index (χ1) is 15.9. The SMILES string of the molecule is C[C@@H]1CN(C(=O)NC2(C)CCN3CCC2CC3)C[C@H](C)N1c1nccc(-c2ccccc2)n1. The van der Waals surface area contributed by atoms with Crippen molar-refractivity contribution >= 4 is 12.0 Å². The molecule has 4 aliphatic heterocycles. The molecule has 0 radical (unpaired) electrons. The topological polar surface area (TPSA) is 64.6 Å². The van der Waals surface area contributed by atoms with E-state index < -0.39 is 0 Å². The Labute approximate surface area is 197 Å². The molecule has 4 aliphatic rings. The number of carbonyl (C=O) groups excluding carboxylic acids is 1. The molecule has 4 fully saturated rings. The highest BCUT2D eigenvalue weighted by atomic mass is 16.2. The maximum Gasteiger partial charge on any atom is 0.317 e.